The summed E-state index contributed by atoms with van der Waals surface area (Å²) in [7, 11) is 1.76. The van der Waals surface area contributed by atoms with E-state index in [9.17, 15) is 0 Å². The number of fused-ring (bicyclic) bond motifs is 1. The Kier molecular flexibility index (Phi) is 1.66. The van der Waals surface area contributed by atoms with Crippen LogP contribution in [-0.2, 0) is 7.05 Å². The van der Waals surface area contributed by atoms with E-state index >= 15 is 0 Å². The van der Waals surface area contributed by atoms with Crippen LogP contribution in [0.1, 0.15) is 0 Å². The molecule has 0 aliphatic rings. The second-order valence-corrected chi connectivity index (χ2v) is 2.97. The summed E-state index contributed by atoms with van der Waals surface area (Å²) in [5.74, 6) is 0. The standard InChI is InChI=1S/C6H4Cl2N4/c1-12-3-4(7)9-2-10-5(3)11-6(12)8/h2H,1H3. The maximum Gasteiger partial charge on any atom is 0.205 e. The molecule has 0 unspecified atom stereocenters. The first-order valence-corrected chi connectivity index (χ1v) is 3.94. The molecule has 0 fully saturated rings. The highest BCUT2D eigenvalue weighted by atomic mass is 35.5. The molecule has 0 N–H and O–H groups in total. The first-order chi connectivity index (χ1) is 5.70. The monoisotopic (exact) mass is 202 g/mol. The van der Waals surface area contributed by atoms with Crippen molar-refractivity contribution in [2.45, 2.75) is 0 Å². The Labute approximate surface area is 78.2 Å². The molecule has 0 aromatic carbocycles. The Bertz CT molecular complexity index is 436. The van der Waals surface area contributed by atoms with Gasteiger partial charge in [-0.25, -0.2) is 9.97 Å². The van der Waals surface area contributed by atoms with Crippen LogP contribution < -0.4 is 0 Å². The van der Waals surface area contributed by atoms with E-state index in [4.69, 9.17) is 23.2 Å². The predicted octanol–water partition coefficient (Wildman–Crippen LogP) is 1.67. The van der Waals surface area contributed by atoms with Gasteiger partial charge in [0.2, 0.25) is 5.28 Å². The van der Waals surface area contributed by atoms with Crippen LogP contribution in [0.25, 0.3) is 11.2 Å². The van der Waals surface area contributed by atoms with E-state index in [0.717, 1.165) is 0 Å². The zero-order valence-electron chi connectivity index (χ0n) is 6.12. The van der Waals surface area contributed by atoms with Gasteiger partial charge in [0.25, 0.3) is 0 Å². The quantitative estimate of drug-likeness (QED) is 0.483. The van der Waals surface area contributed by atoms with Gasteiger partial charge < -0.3 is 4.57 Å². The smallest absolute Gasteiger partial charge is 0.205 e. The van der Waals surface area contributed by atoms with Crippen LogP contribution >= 0.6 is 23.2 Å². The lowest BCUT2D eigenvalue weighted by molar-refractivity contribution is 0.945. The van der Waals surface area contributed by atoms with Crippen LogP contribution in [0, 0.1) is 0 Å². The normalized spacial score (nSPS) is 10.9. The summed E-state index contributed by atoms with van der Waals surface area (Å²) in [6.45, 7) is 0. The second-order valence-electron chi connectivity index (χ2n) is 2.28. The Hall–Kier alpha value is -0.870. The fourth-order valence-corrected chi connectivity index (χ4v) is 1.39. The van der Waals surface area contributed by atoms with Crippen molar-refractivity contribution in [2.75, 3.05) is 0 Å². The molecule has 0 amide bonds. The molecule has 6 heteroatoms. The largest absolute Gasteiger partial charge is 0.314 e. The molecule has 2 rings (SSSR count). The number of rotatable bonds is 0. The molecule has 0 bridgehead atoms. The van der Waals surface area contributed by atoms with Crippen molar-refractivity contribution in [2.24, 2.45) is 7.05 Å². The second kappa shape index (κ2) is 2.57. The summed E-state index contributed by atoms with van der Waals surface area (Å²) >= 11 is 11.6. The van der Waals surface area contributed by atoms with E-state index in [-0.39, 0.29) is 0 Å². The van der Waals surface area contributed by atoms with Crippen molar-refractivity contribution in [1.82, 2.24) is 19.5 Å². The summed E-state index contributed by atoms with van der Waals surface area (Å²) < 4.78 is 1.64. The van der Waals surface area contributed by atoms with Gasteiger partial charge in [-0.1, -0.05) is 11.6 Å². The van der Waals surface area contributed by atoms with Gasteiger partial charge in [-0.05, 0) is 11.6 Å². The van der Waals surface area contributed by atoms with Crippen molar-refractivity contribution in [3.8, 4) is 0 Å². The van der Waals surface area contributed by atoms with Crippen molar-refractivity contribution in [3.05, 3.63) is 16.8 Å². The zero-order valence-corrected chi connectivity index (χ0v) is 7.63. The van der Waals surface area contributed by atoms with Gasteiger partial charge in [0.1, 0.15) is 11.8 Å². The highest BCUT2D eigenvalue weighted by Crippen LogP contribution is 2.21. The van der Waals surface area contributed by atoms with E-state index in [2.05, 4.69) is 15.0 Å². The van der Waals surface area contributed by atoms with E-state index in [1.54, 1.807) is 11.6 Å². The summed E-state index contributed by atoms with van der Waals surface area (Å²) in [6.07, 6.45) is 1.36. The molecule has 0 atom stereocenters. The van der Waals surface area contributed by atoms with Crippen molar-refractivity contribution in [3.63, 3.8) is 0 Å². The minimum atomic E-state index is 0.354. The minimum Gasteiger partial charge on any atom is -0.314 e. The molecule has 0 saturated carbocycles. The van der Waals surface area contributed by atoms with Crippen molar-refractivity contribution < 1.29 is 0 Å². The molecule has 0 saturated heterocycles. The topological polar surface area (TPSA) is 43.6 Å². The average molecular weight is 203 g/mol. The number of hydrogen-bond donors (Lipinski definition) is 0. The van der Waals surface area contributed by atoms with Crippen molar-refractivity contribution >= 4 is 34.4 Å². The van der Waals surface area contributed by atoms with E-state index < -0.39 is 0 Å². The third-order valence-corrected chi connectivity index (χ3v) is 2.18. The van der Waals surface area contributed by atoms with Crippen molar-refractivity contribution in [1.29, 1.82) is 0 Å². The molecule has 0 spiro atoms. The van der Waals surface area contributed by atoms with E-state index in [0.29, 0.717) is 21.6 Å². The van der Waals surface area contributed by atoms with Gasteiger partial charge in [-0.15, -0.1) is 0 Å². The van der Waals surface area contributed by atoms with Crippen LogP contribution in [-0.4, -0.2) is 19.5 Å². The molecule has 0 radical (unpaired) electrons. The number of nitrogens with zero attached hydrogens (tertiary/aromatic N) is 4. The lowest BCUT2D eigenvalue weighted by atomic mass is 10.5. The van der Waals surface area contributed by atoms with Gasteiger partial charge in [0, 0.05) is 7.05 Å². The summed E-state index contributed by atoms with van der Waals surface area (Å²) in [6, 6.07) is 0. The first-order valence-electron chi connectivity index (χ1n) is 3.18. The first kappa shape index (κ1) is 7.76. The fraction of sp³-hybridized carbons (Fsp3) is 0.167. The SMILES string of the molecule is Cn1c(Cl)nc2ncnc(Cl)c21. The number of aromatic nitrogens is 4. The number of halogens is 2. The van der Waals surface area contributed by atoms with Gasteiger partial charge >= 0.3 is 0 Å². The minimum absolute atomic E-state index is 0.354. The fourth-order valence-electron chi connectivity index (χ4n) is 0.974. The van der Waals surface area contributed by atoms with Crippen LogP contribution in [0.3, 0.4) is 0 Å². The van der Waals surface area contributed by atoms with E-state index in [1.807, 2.05) is 0 Å². The maximum atomic E-state index is 5.81. The summed E-state index contributed by atoms with van der Waals surface area (Å²) in [5, 5.41) is 0.717. The zero-order chi connectivity index (χ0) is 8.72. The third kappa shape index (κ3) is 0.956. The molecule has 0 aliphatic heterocycles. The summed E-state index contributed by atoms with van der Waals surface area (Å²) in [5.41, 5.74) is 1.17. The molecular weight excluding hydrogens is 199 g/mol. The number of imidazole rings is 1. The number of hydrogen-bond acceptors (Lipinski definition) is 3. The van der Waals surface area contributed by atoms with Crippen LogP contribution in [0.15, 0.2) is 6.33 Å². The molecular formula is C6H4Cl2N4. The molecule has 12 heavy (non-hydrogen) atoms. The molecule has 4 nitrogen and oxygen atoms in total. The van der Waals surface area contributed by atoms with Gasteiger partial charge in [0.05, 0.1) is 0 Å². The van der Waals surface area contributed by atoms with Crippen LogP contribution in [0.2, 0.25) is 10.4 Å². The lowest BCUT2D eigenvalue weighted by Gasteiger charge is -1.94. The molecule has 2 aromatic rings. The average Bonchev–Trinajstić information content (AvgIpc) is 2.29. The van der Waals surface area contributed by atoms with Crippen LogP contribution in [0.5, 0.6) is 0 Å². The number of aryl methyl sites for hydroxylation is 1. The third-order valence-electron chi connectivity index (χ3n) is 1.57. The van der Waals surface area contributed by atoms with Crippen LogP contribution in [0.4, 0.5) is 0 Å². The highest BCUT2D eigenvalue weighted by molar-refractivity contribution is 6.34. The maximum absolute atomic E-state index is 5.81. The molecule has 2 aromatic heterocycles. The Morgan fingerprint density at radius 3 is 2.75 bits per heavy atom. The van der Waals surface area contributed by atoms with E-state index in [1.165, 1.54) is 6.33 Å². The Morgan fingerprint density at radius 2 is 2.08 bits per heavy atom. The Morgan fingerprint density at radius 1 is 1.33 bits per heavy atom. The Balaban J connectivity index is 2.97. The van der Waals surface area contributed by atoms with Gasteiger partial charge in [-0.3, -0.25) is 0 Å². The molecule has 2 heterocycles. The van der Waals surface area contributed by atoms with Gasteiger partial charge in [-0.2, -0.15) is 4.98 Å². The molecule has 0 aliphatic carbocycles. The molecule has 62 valence electrons. The summed E-state index contributed by atoms with van der Waals surface area (Å²) in [4.78, 5) is 11.7. The van der Waals surface area contributed by atoms with Gasteiger partial charge in [0.15, 0.2) is 10.8 Å². The predicted molar refractivity (Wildman–Crippen MR) is 46.3 cm³/mol. The lowest BCUT2D eigenvalue weighted by Crippen LogP contribution is -1.89. The highest BCUT2D eigenvalue weighted by Gasteiger charge is 2.09.